The number of nitrogens with one attached hydrogen (secondary N) is 1. The number of nitrogens with zero attached hydrogens (tertiary/aromatic N) is 3. The molecule has 1 aromatic heterocycles. The van der Waals surface area contributed by atoms with Gasteiger partial charge in [-0.3, -0.25) is 4.79 Å². The minimum atomic E-state index is -1.09. The number of carboxylic acid groups (broad SMARTS) is 1. The molecule has 2 aromatic rings. The van der Waals surface area contributed by atoms with Gasteiger partial charge < -0.3 is 10.4 Å². The van der Waals surface area contributed by atoms with E-state index in [0.29, 0.717) is 6.42 Å². The molecule has 1 aromatic carbocycles. The van der Waals surface area contributed by atoms with E-state index < -0.39 is 17.9 Å². The average Bonchev–Trinajstić information content (AvgIpc) is 3.01. The molecule has 0 aliphatic heterocycles. The van der Waals surface area contributed by atoms with E-state index in [-0.39, 0.29) is 12.1 Å². The molecule has 2 rings (SSSR count). The molecule has 0 radical (unpaired) electrons. The number of allylic oxidation sites excluding steroid dienone is 1. The lowest BCUT2D eigenvalue weighted by atomic mass is 10.1. The predicted octanol–water partition coefficient (Wildman–Crippen LogP) is 1.72. The van der Waals surface area contributed by atoms with E-state index in [4.69, 9.17) is 5.11 Å². The Labute approximate surface area is 133 Å². The maximum Gasteiger partial charge on any atom is 0.326 e. The van der Waals surface area contributed by atoms with Gasteiger partial charge in [-0.2, -0.15) is 0 Å². The molecule has 0 aliphatic rings. The number of carbonyl (C=O) groups is 2. The van der Waals surface area contributed by atoms with Crippen LogP contribution in [0.2, 0.25) is 0 Å². The van der Waals surface area contributed by atoms with Gasteiger partial charge in [0.15, 0.2) is 5.69 Å². The monoisotopic (exact) mass is 314 g/mol. The normalized spacial score (nSPS) is 11.7. The van der Waals surface area contributed by atoms with Gasteiger partial charge in [0.2, 0.25) is 0 Å². The molecular formula is C16H18N4O3. The maximum absolute atomic E-state index is 12.1. The number of amides is 1. The summed E-state index contributed by atoms with van der Waals surface area (Å²) in [6, 6.07) is 6.59. The summed E-state index contributed by atoms with van der Waals surface area (Å²) in [5.41, 5.74) is 1.90. The summed E-state index contributed by atoms with van der Waals surface area (Å²) in [5, 5.41) is 19.3. The third-order valence-electron chi connectivity index (χ3n) is 3.26. The lowest BCUT2D eigenvalue weighted by Crippen LogP contribution is -2.40. The molecule has 1 amide bonds. The Balaban J connectivity index is 2.11. The fourth-order valence-corrected chi connectivity index (χ4v) is 2.04. The van der Waals surface area contributed by atoms with E-state index in [0.717, 1.165) is 11.3 Å². The van der Waals surface area contributed by atoms with E-state index in [2.05, 4.69) is 22.2 Å². The quantitative estimate of drug-likeness (QED) is 0.759. The van der Waals surface area contributed by atoms with Gasteiger partial charge in [-0.1, -0.05) is 23.4 Å². The van der Waals surface area contributed by atoms with Crippen LogP contribution in [0.4, 0.5) is 0 Å². The molecule has 7 nitrogen and oxygen atoms in total. The largest absolute Gasteiger partial charge is 0.480 e. The topological polar surface area (TPSA) is 97.1 Å². The van der Waals surface area contributed by atoms with E-state index >= 15 is 0 Å². The highest BCUT2D eigenvalue weighted by atomic mass is 16.4. The van der Waals surface area contributed by atoms with Crippen LogP contribution < -0.4 is 5.32 Å². The van der Waals surface area contributed by atoms with Crippen LogP contribution >= 0.6 is 0 Å². The highest BCUT2D eigenvalue weighted by molar-refractivity contribution is 5.94. The molecule has 1 atom stereocenters. The average molecular weight is 314 g/mol. The Kier molecular flexibility index (Phi) is 5.24. The zero-order chi connectivity index (χ0) is 16.8. The van der Waals surface area contributed by atoms with Crippen molar-refractivity contribution in [1.82, 2.24) is 20.3 Å². The van der Waals surface area contributed by atoms with Crippen LogP contribution in [0.3, 0.4) is 0 Å². The number of aliphatic carboxylic acids is 1. The van der Waals surface area contributed by atoms with Crippen LogP contribution in [-0.4, -0.2) is 38.0 Å². The van der Waals surface area contributed by atoms with Crippen molar-refractivity contribution in [2.75, 3.05) is 0 Å². The fourth-order valence-electron chi connectivity index (χ4n) is 2.04. The Morgan fingerprint density at radius 2 is 2.26 bits per heavy atom. The Hall–Kier alpha value is -2.96. The second-order valence-corrected chi connectivity index (χ2v) is 5.12. The number of aromatic nitrogens is 3. The van der Waals surface area contributed by atoms with Crippen molar-refractivity contribution < 1.29 is 14.7 Å². The molecule has 0 saturated carbocycles. The van der Waals surface area contributed by atoms with Crippen molar-refractivity contribution in [2.24, 2.45) is 0 Å². The maximum atomic E-state index is 12.1. The molecule has 7 heteroatoms. The van der Waals surface area contributed by atoms with Gasteiger partial charge in [-0.25, -0.2) is 9.48 Å². The lowest BCUT2D eigenvalue weighted by Gasteiger charge is -2.12. The molecular weight excluding hydrogens is 296 g/mol. The summed E-state index contributed by atoms with van der Waals surface area (Å²) >= 11 is 0. The van der Waals surface area contributed by atoms with Crippen molar-refractivity contribution in [2.45, 2.75) is 25.8 Å². The molecule has 0 aliphatic carbocycles. The number of carbonyl (C=O) groups excluding carboxylic acids is 1. The summed E-state index contributed by atoms with van der Waals surface area (Å²) < 4.78 is 1.47. The van der Waals surface area contributed by atoms with Gasteiger partial charge in [0.1, 0.15) is 6.04 Å². The van der Waals surface area contributed by atoms with Crippen LogP contribution in [0, 0.1) is 6.92 Å². The molecule has 0 fully saturated rings. The minimum Gasteiger partial charge on any atom is -0.480 e. The first-order valence-corrected chi connectivity index (χ1v) is 7.15. The summed E-state index contributed by atoms with van der Waals surface area (Å²) in [5.74, 6) is -1.66. The number of hydrogen-bond donors (Lipinski definition) is 2. The molecule has 120 valence electrons. The zero-order valence-electron chi connectivity index (χ0n) is 12.8. The summed E-state index contributed by atoms with van der Waals surface area (Å²) in [6.07, 6.45) is 3.84. The van der Waals surface area contributed by atoms with Crippen LogP contribution in [0.1, 0.15) is 28.9 Å². The number of carboxylic acids is 1. The third kappa shape index (κ3) is 4.26. The minimum absolute atomic E-state index is 0.0661. The molecule has 1 heterocycles. The third-order valence-corrected chi connectivity index (χ3v) is 3.26. The first kappa shape index (κ1) is 16.4. The number of aryl methyl sites for hydroxylation is 1. The smallest absolute Gasteiger partial charge is 0.326 e. The van der Waals surface area contributed by atoms with E-state index in [1.54, 1.807) is 6.08 Å². The molecule has 23 heavy (non-hydrogen) atoms. The van der Waals surface area contributed by atoms with E-state index in [1.165, 1.54) is 10.9 Å². The zero-order valence-corrected chi connectivity index (χ0v) is 12.8. The number of rotatable bonds is 7. The van der Waals surface area contributed by atoms with Gasteiger partial charge >= 0.3 is 5.97 Å². The Bertz CT molecular complexity index is 724. The number of benzene rings is 1. The van der Waals surface area contributed by atoms with Crippen molar-refractivity contribution in [3.8, 4) is 5.69 Å². The van der Waals surface area contributed by atoms with Gasteiger partial charge in [0.25, 0.3) is 5.91 Å². The van der Waals surface area contributed by atoms with Crippen LogP contribution in [0.5, 0.6) is 0 Å². The van der Waals surface area contributed by atoms with E-state index in [1.807, 2.05) is 31.2 Å². The van der Waals surface area contributed by atoms with Gasteiger partial charge in [-0.05, 0) is 37.5 Å². The van der Waals surface area contributed by atoms with Crippen LogP contribution in [0.25, 0.3) is 5.69 Å². The van der Waals surface area contributed by atoms with Crippen LogP contribution in [-0.2, 0) is 4.79 Å². The first-order chi connectivity index (χ1) is 11.0. The van der Waals surface area contributed by atoms with Gasteiger partial charge in [0, 0.05) is 0 Å². The molecule has 0 saturated heterocycles. The first-order valence-electron chi connectivity index (χ1n) is 7.15. The molecule has 0 spiro atoms. The standard InChI is InChI=1S/C16H18N4O3/c1-3-4-8-13(16(22)23)17-15(21)14-10-20(19-18-14)12-7-5-6-11(2)9-12/h3,5-7,9-10,13H,1,4,8H2,2H3,(H,17,21)(H,22,23). The molecule has 2 N–H and O–H groups in total. The molecule has 1 unspecified atom stereocenters. The van der Waals surface area contributed by atoms with Crippen molar-refractivity contribution in [1.29, 1.82) is 0 Å². The predicted molar refractivity (Wildman–Crippen MR) is 84.4 cm³/mol. The van der Waals surface area contributed by atoms with Crippen molar-refractivity contribution in [3.05, 3.63) is 54.4 Å². The fraction of sp³-hybridized carbons (Fsp3) is 0.250. The van der Waals surface area contributed by atoms with E-state index in [9.17, 15) is 9.59 Å². The van der Waals surface area contributed by atoms with Crippen LogP contribution in [0.15, 0.2) is 43.1 Å². The Morgan fingerprint density at radius 3 is 2.91 bits per heavy atom. The highest BCUT2D eigenvalue weighted by Crippen LogP contribution is 2.09. The van der Waals surface area contributed by atoms with Gasteiger partial charge in [-0.15, -0.1) is 11.7 Å². The highest BCUT2D eigenvalue weighted by Gasteiger charge is 2.21. The van der Waals surface area contributed by atoms with Crippen molar-refractivity contribution >= 4 is 11.9 Å². The second kappa shape index (κ2) is 7.35. The molecule has 0 bridgehead atoms. The lowest BCUT2D eigenvalue weighted by molar-refractivity contribution is -0.139. The summed E-state index contributed by atoms with van der Waals surface area (Å²) in [7, 11) is 0. The summed E-state index contributed by atoms with van der Waals surface area (Å²) in [4.78, 5) is 23.3. The summed E-state index contributed by atoms with van der Waals surface area (Å²) in [6.45, 7) is 5.49. The SMILES string of the molecule is C=CCCC(NC(=O)c1cn(-c2cccc(C)c2)nn1)C(=O)O. The van der Waals surface area contributed by atoms with Gasteiger partial charge in [0.05, 0.1) is 11.9 Å². The van der Waals surface area contributed by atoms with Crippen molar-refractivity contribution in [3.63, 3.8) is 0 Å². The number of hydrogen-bond acceptors (Lipinski definition) is 4. The second-order valence-electron chi connectivity index (χ2n) is 5.12. The Morgan fingerprint density at radius 1 is 1.48 bits per heavy atom.